The zero-order valence-electron chi connectivity index (χ0n) is 69.4. The summed E-state index contributed by atoms with van der Waals surface area (Å²) in [7, 11) is 0. The highest BCUT2D eigenvalue weighted by Crippen LogP contribution is 2.48. The van der Waals surface area contributed by atoms with E-state index in [0.717, 1.165) is 182 Å². The van der Waals surface area contributed by atoms with Crippen LogP contribution in [0, 0.1) is 22.7 Å². The van der Waals surface area contributed by atoms with Crippen molar-refractivity contribution in [3.05, 3.63) is 424 Å². The number of aromatic nitrogens is 10. The molecular weight excluding hydrogens is 1590 g/mol. The van der Waals surface area contributed by atoms with E-state index in [4.69, 9.17) is 38.7 Å². The molecule has 0 bridgehead atoms. The van der Waals surface area contributed by atoms with Crippen molar-refractivity contribution in [2.24, 2.45) is 0 Å². The number of fused-ring (bicyclic) bond motifs is 20. The Morgan fingerprint density at radius 1 is 0.192 bits per heavy atom. The summed E-state index contributed by atoms with van der Waals surface area (Å²) in [6.45, 7) is 0. The van der Waals surface area contributed by atoms with E-state index in [2.05, 4.69) is 267 Å². The summed E-state index contributed by atoms with van der Waals surface area (Å²) >= 11 is 0. The number of para-hydroxylation sites is 6. The van der Waals surface area contributed by atoms with Gasteiger partial charge in [-0.3, -0.25) is 0 Å². The summed E-state index contributed by atoms with van der Waals surface area (Å²) < 4.78 is 22.9. The quantitative estimate of drug-likeness (QED) is 0.115. The molecule has 0 spiro atoms. The first-order valence-corrected chi connectivity index (χ1v) is 43.2. The first-order chi connectivity index (χ1) is 64.4. The van der Waals surface area contributed by atoms with E-state index < -0.39 is 0 Å². The Kier molecular flexibility index (Phi) is 17.4. The number of hydrogen-bond acceptors (Lipinski definition) is 10. The summed E-state index contributed by atoms with van der Waals surface area (Å²) in [4.78, 5) is 30.1. The highest BCUT2D eigenvalue weighted by Gasteiger charge is 2.27. The van der Waals surface area contributed by atoms with Gasteiger partial charge in [-0.05, 0) is 162 Å². The monoisotopic (exact) mass is 1660 g/mol. The van der Waals surface area contributed by atoms with Gasteiger partial charge in [0.25, 0.3) is 0 Å². The molecule has 0 aliphatic rings. The minimum Gasteiger partial charge on any atom is -0.455 e. The Labute approximate surface area is 742 Å². The first kappa shape index (κ1) is 74.4. The average molecular weight is 1660 g/mol. The molecule has 0 unspecified atom stereocenters. The SMILES string of the molecule is N#Cc1cc(-c2nc(-c3ccccc3)nc(-c3cccc(-c4ccccc4)c3)n2)ccc1-n1c2ccccc2c2c3oc4cc5c(cc4c3ccc21)c1ccccc1n5-c1ccccc1.N#Cc1cc(-c2nc(-c3ccccc3)nc(-c3cccc(-c4ccccc4)c3)n2)ccc1-n1c2ccccc2c2c3oc4cc5c6ccccc6n(-c6ccccc6)c5cc4c3ccc21. The van der Waals surface area contributed by atoms with Crippen molar-refractivity contribution in [1.29, 1.82) is 10.5 Å². The molecule has 0 fully saturated rings. The third-order valence-electron chi connectivity index (χ3n) is 25.2. The van der Waals surface area contributed by atoms with Crippen LogP contribution in [0.3, 0.4) is 0 Å². The summed E-state index contributed by atoms with van der Waals surface area (Å²) in [6.07, 6.45) is 0. The van der Waals surface area contributed by atoms with Gasteiger partial charge >= 0.3 is 0 Å². The minimum absolute atomic E-state index is 0.480. The number of rotatable bonds is 12. The van der Waals surface area contributed by atoms with Gasteiger partial charge in [0.15, 0.2) is 34.9 Å². The highest BCUT2D eigenvalue weighted by molar-refractivity contribution is 6.28. The molecule has 14 nitrogen and oxygen atoms in total. The Morgan fingerprint density at radius 3 is 0.923 bits per heavy atom. The summed E-state index contributed by atoms with van der Waals surface area (Å²) in [5, 5.41) is 34.8. The van der Waals surface area contributed by atoms with Crippen molar-refractivity contribution >= 4 is 131 Å². The van der Waals surface area contributed by atoms with E-state index >= 15 is 0 Å². The van der Waals surface area contributed by atoms with Crippen molar-refractivity contribution in [3.63, 3.8) is 0 Å². The molecular formula is C116H68N12O2. The molecule has 18 aromatic carbocycles. The van der Waals surface area contributed by atoms with Crippen molar-refractivity contribution in [2.45, 2.75) is 0 Å². The zero-order chi connectivity index (χ0) is 86.0. The molecule has 0 saturated carbocycles. The minimum atomic E-state index is 0.480. The molecule has 0 saturated heterocycles. The predicted octanol–water partition coefficient (Wildman–Crippen LogP) is 29.0. The third-order valence-corrected chi connectivity index (χ3v) is 25.2. The van der Waals surface area contributed by atoms with Crippen LogP contribution in [-0.2, 0) is 0 Å². The molecule has 26 rings (SSSR count). The van der Waals surface area contributed by atoms with Crippen LogP contribution in [0.25, 0.3) is 244 Å². The lowest BCUT2D eigenvalue weighted by Gasteiger charge is -2.13. The molecule has 0 aliphatic heterocycles. The smallest absolute Gasteiger partial charge is 0.164 e. The molecule has 0 amide bonds. The second-order valence-corrected chi connectivity index (χ2v) is 32.6. The highest BCUT2D eigenvalue weighted by atomic mass is 16.3. The van der Waals surface area contributed by atoms with E-state index in [-0.39, 0.29) is 0 Å². The molecule has 26 aromatic rings. The molecule has 8 aromatic heterocycles. The Balaban J connectivity index is 0.000000140. The fraction of sp³-hybridized carbons (Fsp3) is 0. The second-order valence-electron chi connectivity index (χ2n) is 32.6. The van der Waals surface area contributed by atoms with Crippen LogP contribution in [0.15, 0.2) is 421 Å². The van der Waals surface area contributed by atoms with E-state index in [1.54, 1.807) is 0 Å². The molecule has 0 aliphatic carbocycles. The number of hydrogen-bond donors (Lipinski definition) is 0. The van der Waals surface area contributed by atoms with Crippen LogP contribution < -0.4 is 0 Å². The number of benzene rings is 18. The lowest BCUT2D eigenvalue weighted by molar-refractivity contribution is 0.673. The lowest BCUT2D eigenvalue weighted by atomic mass is 10.0. The van der Waals surface area contributed by atoms with Crippen LogP contribution in [0.4, 0.5) is 0 Å². The molecule has 8 heterocycles. The maximum absolute atomic E-state index is 10.9. The van der Waals surface area contributed by atoms with Crippen molar-refractivity contribution in [2.75, 3.05) is 0 Å². The van der Waals surface area contributed by atoms with Crippen molar-refractivity contribution in [1.82, 2.24) is 48.2 Å². The number of nitrogens with zero attached hydrogens (tertiary/aromatic N) is 12. The van der Waals surface area contributed by atoms with Crippen LogP contribution in [0.5, 0.6) is 0 Å². The first-order valence-electron chi connectivity index (χ1n) is 43.2. The largest absolute Gasteiger partial charge is 0.455 e. The predicted molar refractivity (Wildman–Crippen MR) is 524 cm³/mol. The van der Waals surface area contributed by atoms with E-state index in [9.17, 15) is 10.5 Å². The Hall–Kier alpha value is -18.2. The average Bonchev–Trinajstić information content (AvgIpc) is 1.55. The zero-order valence-corrected chi connectivity index (χ0v) is 69.4. The van der Waals surface area contributed by atoms with E-state index in [1.165, 1.54) is 16.2 Å². The Morgan fingerprint density at radius 2 is 0.508 bits per heavy atom. The normalized spacial score (nSPS) is 11.7. The van der Waals surface area contributed by atoms with E-state index in [0.29, 0.717) is 57.2 Å². The van der Waals surface area contributed by atoms with Gasteiger partial charge in [-0.25, -0.2) is 29.9 Å². The summed E-state index contributed by atoms with van der Waals surface area (Å²) in [6, 6.07) is 146. The van der Waals surface area contributed by atoms with Crippen LogP contribution in [0.2, 0.25) is 0 Å². The standard InChI is InChI=1S/2C58H34N6O/c59-35-41-32-40(58-61-56(37-17-6-2-7-18-37)60-57(62-58)39-20-14-19-38(31-39)36-15-4-1-5-16-36)27-29-48(41)64-50-26-13-11-24-45(50)54-51(64)30-28-44-47-33-52-46(34-53(47)65-55(44)54)43-23-10-12-25-49(43)63(52)42-21-8-3-9-22-42;59-35-41-32-40(58-61-56(37-17-6-2-7-18-37)60-57(62-58)39-20-14-19-38(31-39)36-15-4-1-5-16-36)27-29-48(41)64-50-26-13-11-24-45(50)54-51(64)30-28-44-47-33-46-43-23-10-12-25-49(43)63(42-21-8-3-9-22-42)52(46)34-53(47)65-55(44)54/h2*1-34H. The number of nitriles is 2. The van der Waals surface area contributed by atoms with Crippen LogP contribution >= 0.6 is 0 Å². The van der Waals surface area contributed by atoms with Crippen LogP contribution in [0.1, 0.15) is 11.1 Å². The van der Waals surface area contributed by atoms with Gasteiger partial charge in [-0.15, -0.1) is 0 Å². The Bertz CT molecular complexity index is 8880. The number of furan rings is 2. The fourth-order valence-corrected chi connectivity index (χ4v) is 19.3. The molecule has 130 heavy (non-hydrogen) atoms. The summed E-state index contributed by atoms with van der Waals surface area (Å²) in [5.74, 6) is 3.17. The van der Waals surface area contributed by atoms with Gasteiger partial charge in [-0.1, -0.05) is 267 Å². The molecule has 14 heteroatoms. The maximum atomic E-state index is 10.9. The van der Waals surface area contributed by atoms with Gasteiger partial charge in [0, 0.05) is 105 Å². The topological polar surface area (TPSA) is 171 Å². The van der Waals surface area contributed by atoms with Crippen molar-refractivity contribution < 1.29 is 8.83 Å². The molecule has 0 N–H and O–H groups in total. The van der Waals surface area contributed by atoms with Gasteiger partial charge in [0.2, 0.25) is 0 Å². The molecule has 604 valence electrons. The van der Waals surface area contributed by atoms with Gasteiger partial charge in [0.05, 0.1) is 77.4 Å². The maximum Gasteiger partial charge on any atom is 0.164 e. The molecule has 0 radical (unpaired) electrons. The third kappa shape index (κ3) is 12.2. The fourth-order valence-electron chi connectivity index (χ4n) is 19.3. The van der Waals surface area contributed by atoms with Gasteiger partial charge in [0.1, 0.15) is 34.5 Å². The lowest BCUT2D eigenvalue weighted by Crippen LogP contribution is -2.02. The van der Waals surface area contributed by atoms with Gasteiger partial charge < -0.3 is 27.1 Å². The van der Waals surface area contributed by atoms with E-state index in [1.807, 2.05) is 176 Å². The molecule has 0 atom stereocenters. The van der Waals surface area contributed by atoms with Crippen LogP contribution in [-0.4, -0.2) is 48.2 Å². The van der Waals surface area contributed by atoms with Crippen molar-refractivity contribution in [3.8, 4) is 125 Å². The second kappa shape index (κ2) is 30.3. The van der Waals surface area contributed by atoms with Gasteiger partial charge in [-0.2, -0.15) is 10.5 Å². The summed E-state index contributed by atoms with van der Waals surface area (Å²) in [5.41, 5.74) is 25.5.